The number of pyridine rings is 1. The summed E-state index contributed by atoms with van der Waals surface area (Å²) in [6, 6.07) is 1.39. The largest absolute Gasteiger partial charge is 0.415 e. The first-order chi connectivity index (χ1) is 7.66. The van der Waals surface area contributed by atoms with Crippen molar-refractivity contribution in [2.24, 2.45) is 0 Å². The molecule has 2 N–H and O–H groups in total. The Hall–Kier alpha value is -2.25. The summed E-state index contributed by atoms with van der Waals surface area (Å²) >= 11 is 0. The number of ether oxygens (including phenoxy) is 1. The van der Waals surface area contributed by atoms with E-state index in [1.165, 1.54) is 24.7 Å². The van der Waals surface area contributed by atoms with Gasteiger partial charge in [-0.25, -0.2) is 4.98 Å². The fourth-order valence-corrected chi connectivity index (χ4v) is 1.11. The van der Waals surface area contributed by atoms with E-state index in [-0.39, 0.29) is 11.6 Å². The van der Waals surface area contributed by atoms with Gasteiger partial charge < -0.3 is 10.5 Å². The molecule has 0 fully saturated rings. The second-order valence-corrected chi connectivity index (χ2v) is 2.79. The lowest BCUT2D eigenvalue weighted by atomic mass is 10.4. The van der Waals surface area contributed by atoms with E-state index in [0.717, 1.165) is 4.80 Å². The smallest absolute Gasteiger partial charge is 0.388 e. The van der Waals surface area contributed by atoms with Crippen LogP contribution in [0.15, 0.2) is 24.7 Å². The van der Waals surface area contributed by atoms with E-state index < -0.39 is 6.61 Å². The molecule has 0 radical (unpaired) electrons. The van der Waals surface area contributed by atoms with Crippen molar-refractivity contribution in [3.05, 3.63) is 24.7 Å². The zero-order valence-corrected chi connectivity index (χ0v) is 7.92. The Labute approximate surface area is 88.7 Å². The number of nitrogen functional groups attached to an aromatic ring is 1. The third kappa shape index (κ3) is 2.05. The van der Waals surface area contributed by atoms with Crippen LogP contribution in [-0.2, 0) is 0 Å². The molecule has 84 valence electrons. The number of anilines is 1. The lowest BCUT2D eigenvalue weighted by Crippen LogP contribution is -2.09. The molecule has 0 saturated carbocycles. The van der Waals surface area contributed by atoms with Gasteiger partial charge in [-0.05, 0) is 6.07 Å². The van der Waals surface area contributed by atoms with Crippen LogP contribution in [0, 0.1) is 0 Å². The maximum Gasteiger partial charge on any atom is 0.388 e. The summed E-state index contributed by atoms with van der Waals surface area (Å²) in [5.41, 5.74) is 5.95. The summed E-state index contributed by atoms with van der Waals surface area (Å²) in [5, 5.41) is 7.56. The highest BCUT2D eigenvalue weighted by Crippen LogP contribution is 2.22. The Bertz CT molecular complexity index is 473. The highest BCUT2D eigenvalue weighted by Gasteiger charge is 2.14. The van der Waals surface area contributed by atoms with Gasteiger partial charge >= 0.3 is 6.61 Å². The molecule has 0 saturated heterocycles. The molecule has 2 aromatic heterocycles. The predicted octanol–water partition coefficient (Wildman–Crippen LogP) is 0.846. The Balaban J connectivity index is 2.45. The molecule has 0 spiro atoms. The molecule has 2 rings (SSSR count). The molecule has 6 nitrogen and oxygen atoms in total. The number of hydrogen-bond acceptors (Lipinski definition) is 5. The van der Waals surface area contributed by atoms with E-state index in [1.54, 1.807) is 0 Å². The predicted molar refractivity (Wildman–Crippen MR) is 50.2 cm³/mol. The van der Waals surface area contributed by atoms with Crippen LogP contribution in [0.25, 0.3) is 5.69 Å². The lowest BCUT2D eigenvalue weighted by Gasteiger charge is -2.08. The maximum absolute atomic E-state index is 12.1. The van der Waals surface area contributed by atoms with Crippen molar-refractivity contribution in [2.45, 2.75) is 6.61 Å². The molecule has 0 unspecified atom stereocenters. The van der Waals surface area contributed by atoms with Crippen LogP contribution in [-0.4, -0.2) is 26.6 Å². The second kappa shape index (κ2) is 4.09. The highest BCUT2D eigenvalue weighted by atomic mass is 19.3. The van der Waals surface area contributed by atoms with Crippen molar-refractivity contribution in [3.63, 3.8) is 0 Å². The van der Waals surface area contributed by atoms with E-state index in [9.17, 15) is 8.78 Å². The van der Waals surface area contributed by atoms with Crippen molar-refractivity contribution in [3.8, 4) is 11.6 Å². The minimum absolute atomic E-state index is 0.158. The fraction of sp³-hybridized carbons (Fsp3) is 0.125. The van der Waals surface area contributed by atoms with Gasteiger partial charge in [-0.1, -0.05) is 0 Å². The van der Waals surface area contributed by atoms with Gasteiger partial charge in [-0.3, -0.25) is 0 Å². The van der Waals surface area contributed by atoms with Crippen LogP contribution in [0.2, 0.25) is 0 Å². The minimum atomic E-state index is -2.97. The molecular weight excluding hydrogens is 220 g/mol. The quantitative estimate of drug-likeness (QED) is 0.840. The number of aromatic nitrogens is 4. The summed E-state index contributed by atoms with van der Waals surface area (Å²) in [7, 11) is 0. The Morgan fingerprint density at radius 3 is 2.62 bits per heavy atom. The first-order valence-corrected chi connectivity index (χ1v) is 4.24. The van der Waals surface area contributed by atoms with E-state index in [1.807, 2.05) is 0 Å². The standard InChI is InChI=1S/C8H7F2N5O/c9-8(10)16-7-6(3-5(11)4-12-7)15-13-1-2-14-15/h1-4,8H,11H2. The van der Waals surface area contributed by atoms with Crippen molar-refractivity contribution in [1.29, 1.82) is 0 Å². The SMILES string of the molecule is Nc1cnc(OC(F)F)c(-n2nccn2)c1. The molecule has 0 aliphatic rings. The van der Waals surface area contributed by atoms with Crippen LogP contribution in [0.5, 0.6) is 5.88 Å². The van der Waals surface area contributed by atoms with Crippen molar-refractivity contribution in [2.75, 3.05) is 5.73 Å². The zero-order valence-electron chi connectivity index (χ0n) is 7.92. The van der Waals surface area contributed by atoms with Crippen LogP contribution >= 0.6 is 0 Å². The third-order valence-corrected chi connectivity index (χ3v) is 1.69. The first-order valence-electron chi connectivity index (χ1n) is 4.24. The number of nitrogens with zero attached hydrogens (tertiary/aromatic N) is 4. The van der Waals surface area contributed by atoms with Gasteiger partial charge in [-0.15, -0.1) is 4.80 Å². The molecule has 0 aromatic carbocycles. The van der Waals surface area contributed by atoms with Crippen LogP contribution in [0.3, 0.4) is 0 Å². The van der Waals surface area contributed by atoms with Gasteiger partial charge in [0.25, 0.3) is 0 Å². The Morgan fingerprint density at radius 2 is 2.00 bits per heavy atom. The van der Waals surface area contributed by atoms with E-state index in [0.29, 0.717) is 5.69 Å². The molecular formula is C8H7F2N5O. The van der Waals surface area contributed by atoms with Crippen molar-refractivity contribution >= 4 is 5.69 Å². The molecule has 2 aromatic rings. The average molecular weight is 227 g/mol. The minimum Gasteiger partial charge on any atom is -0.415 e. The number of halogens is 2. The second-order valence-electron chi connectivity index (χ2n) is 2.79. The Morgan fingerprint density at radius 1 is 1.31 bits per heavy atom. The summed E-state index contributed by atoms with van der Waals surface area (Å²) in [6.07, 6.45) is 4.01. The van der Waals surface area contributed by atoms with Gasteiger partial charge in [-0.2, -0.15) is 19.0 Å². The van der Waals surface area contributed by atoms with E-state index in [2.05, 4.69) is 19.9 Å². The van der Waals surface area contributed by atoms with E-state index >= 15 is 0 Å². The molecule has 8 heteroatoms. The molecule has 0 aliphatic heterocycles. The molecule has 0 bridgehead atoms. The van der Waals surface area contributed by atoms with E-state index in [4.69, 9.17) is 5.73 Å². The number of alkyl halides is 2. The molecule has 0 atom stereocenters. The van der Waals surface area contributed by atoms with Crippen LogP contribution < -0.4 is 10.5 Å². The number of hydrogen-bond donors (Lipinski definition) is 1. The third-order valence-electron chi connectivity index (χ3n) is 1.69. The highest BCUT2D eigenvalue weighted by molar-refractivity contribution is 5.50. The molecule has 2 heterocycles. The molecule has 16 heavy (non-hydrogen) atoms. The fourth-order valence-electron chi connectivity index (χ4n) is 1.11. The van der Waals surface area contributed by atoms with Gasteiger partial charge in [0.1, 0.15) is 5.69 Å². The van der Waals surface area contributed by atoms with Crippen LogP contribution in [0.1, 0.15) is 0 Å². The zero-order chi connectivity index (χ0) is 11.5. The summed E-state index contributed by atoms with van der Waals surface area (Å²) < 4.78 is 28.4. The maximum atomic E-state index is 12.1. The van der Waals surface area contributed by atoms with Crippen molar-refractivity contribution in [1.82, 2.24) is 20.0 Å². The average Bonchev–Trinajstić information content (AvgIpc) is 2.73. The first kappa shape index (κ1) is 10.3. The normalized spacial score (nSPS) is 10.7. The van der Waals surface area contributed by atoms with Gasteiger partial charge in [0.2, 0.25) is 5.88 Å². The monoisotopic (exact) mass is 227 g/mol. The Kier molecular flexibility index (Phi) is 2.63. The van der Waals surface area contributed by atoms with Crippen molar-refractivity contribution < 1.29 is 13.5 Å². The topological polar surface area (TPSA) is 78.9 Å². The van der Waals surface area contributed by atoms with Gasteiger partial charge in [0, 0.05) is 0 Å². The van der Waals surface area contributed by atoms with Gasteiger partial charge in [0.05, 0.1) is 24.3 Å². The number of nitrogens with two attached hydrogens (primary N) is 1. The lowest BCUT2D eigenvalue weighted by molar-refractivity contribution is -0.0529. The molecule has 0 aliphatic carbocycles. The van der Waals surface area contributed by atoms with Crippen LogP contribution in [0.4, 0.5) is 14.5 Å². The summed E-state index contributed by atoms with van der Waals surface area (Å²) in [5.74, 6) is -0.277. The van der Waals surface area contributed by atoms with Gasteiger partial charge in [0.15, 0.2) is 0 Å². The number of rotatable bonds is 3. The summed E-state index contributed by atoms with van der Waals surface area (Å²) in [4.78, 5) is 4.74. The summed E-state index contributed by atoms with van der Waals surface area (Å²) in [6.45, 7) is -2.97. The molecule has 0 amide bonds.